The standard InChI is InChI=1S/C13H16O/c1-10(2)13-7-5-6-12(8-13)9-14-11(3)4/h5-8H,1,3,9H2,2,4H3. The molecule has 0 heterocycles. The van der Waals surface area contributed by atoms with Gasteiger partial charge in [-0.25, -0.2) is 0 Å². The maximum Gasteiger partial charge on any atom is 0.113 e. The van der Waals surface area contributed by atoms with Crippen LogP contribution in [0.4, 0.5) is 0 Å². The largest absolute Gasteiger partial charge is 0.494 e. The number of ether oxygens (including phenoxy) is 1. The van der Waals surface area contributed by atoms with Gasteiger partial charge in [-0.15, -0.1) is 0 Å². The third kappa shape index (κ3) is 3.09. The van der Waals surface area contributed by atoms with E-state index in [1.165, 1.54) is 0 Å². The molecule has 0 fully saturated rings. The van der Waals surface area contributed by atoms with Crippen LogP contribution >= 0.6 is 0 Å². The second-order valence-corrected chi connectivity index (χ2v) is 3.47. The van der Waals surface area contributed by atoms with E-state index in [0.717, 1.165) is 22.5 Å². The molecule has 0 aliphatic heterocycles. The Balaban J connectivity index is 2.73. The van der Waals surface area contributed by atoms with E-state index in [1.807, 2.05) is 32.0 Å². The molecule has 1 aromatic rings. The molecule has 0 aliphatic rings. The van der Waals surface area contributed by atoms with Gasteiger partial charge in [0.25, 0.3) is 0 Å². The Bertz CT molecular complexity index is 350. The molecule has 0 N–H and O–H groups in total. The predicted octanol–water partition coefficient (Wildman–Crippen LogP) is 3.77. The van der Waals surface area contributed by atoms with Crippen molar-refractivity contribution in [3.05, 3.63) is 54.3 Å². The summed E-state index contributed by atoms with van der Waals surface area (Å²) in [5, 5.41) is 0. The van der Waals surface area contributed by atoms with E-state index in [0.29, 0.717) is 6.61 Å². The van der Waals surface area contributed by atoms with Gasteiger partial charge in [0.2, 0.25) is 0 Å². The molecule has 0 bridgehead atoms. The lowest BCUT2D eigenvalue weighted by Gasteiger charge is -2.06. The molecule has 0 unspecified atom stereocenters. The fraction of sp³-hybridized carbons (Fsp3) is 0.231. The SMILES string of the molecule is C=C(C)OCc1cccc(C(=C)C)c1. The third-order valence-electron chi connectivity index (χ3n) is 1.91. The van der Waals surface area contributed by atoms with Crippen LogP contribution in [0, 0.1) is 0 Å². The smallest absolute Gasteiger partial charge is 0.113 e. The maximum atomic E-state index is 5.34. The van der Waals surface area contributed by atoms with Crippen LogP contribution in [0.25, 0.3) is 5.57 Å². The van der Waals surface area contributed by atoms with Gasteiger partial charge in [-0.3, -0.25) is 0 Å². The molecule has 0 spiro atoms. The molecule has 1 heteroatoms. The van der Waals surface area contributed by atoms with Crippen LogP contribution in [0.5, 0.6) is 0 Å². The summed E-state index contributed by atoms with van der Waals surface area (Å²) >= 11 is 0. The molecule has 0 aliphatic carbocycles. The van der Waals surface area contributed by atoms with Crippen molar-refractivity contribution in [3.8, 4) is 0 Å². The van der Waals surface area contributed by atoms with Crippen molar-refractivity contribution in [2.45, 2.75) is 20.5 Å². The van der Waals surface area contributed by atoms with Gasteiger partial charge in [0, 0.05) is 0 Å². The highest BCUT2D eigenvalue weighted by Gasteiger charge is 1.96. The zero-order chi connectivity index (χ0) is 10.6. The molecular weight excluding hydrogens is 172 g/mol. The first-order chi connectivity index (χ1) is 6.59. The minimum atomic E-state index is 0.580. The first kappa shape index (κ1) is 10.6. The Morgan fingerprint density at radius 1 is 1.29 bits per heavy atom. The first-order valence-corrected chi connectivity index (χ1v) is 4.62. The van der Waals surface area contributed by atoms with E-state index in [9.17, 15) is 0 Å². The van der Waals surface area contributed by atoms with Gasteiger partial charge >= 0.3 is 0 Å². The van der Waals surface area contributed by atoms with Gasteiger partial charge in [-0.1, -0.05) is 36.9 Å². The Morgan fingerprint density at radius 3 is 2.57 bits per heavy atom. The Morgan fingerprint density at radius 2 is 2.00 bits per heavy atom. The summed E-state index contributed by atoms with van der Waals surface area (Å²) in [6, 6.07) is 8.19. The van der Waals surface area contributed by atoms with Gasteiger partial charge in [0.05, 0.1) is 5.76 Å². The number of allylic oxidation sites excluding steroid dienone is 2. The molecule has 1 nitrogen and oxygen atoms in total. The second kappa shape index (κ2) is 4.66. The Labute approximate surface area is 85.7 Å². The summed E-state index contributed by atoms with van der Waals surface area (Å²) in [6.07, 6.45) is 0. The maximum absolute atomic E-state index is 5.34. The topological polar surface area (TPSA) is 9.23 Å². The van der Waals surface area contributed by atoms with Gasteiger partial charge < -0.3 is 4.74 Å². The summed E-state index contributed by atoms with van der Waals surface area (Å²) in [5.74, 6) is 0.741. The van der Waals surface area contributed by atoms with Gasteiger partial charge in [-0.05, 0) is 31.0 Å². The number of hydrogen-bond donors (Lipinski definition) is 0. The van der Waals surface area contributed by atoms with E-state index in [-0.39, 0.29) is 0 Å². The minimum Gasteiger partial charge on any atom is -0.494 e. The molecular formula is C13H16O. The molecule has 14 heavy (non-hydrogen) atoms. The van der Waals surface area contributed by atoms with Crippen molar-refractivity contribution < 1.29 is 4.74 Å². The van der Waals surface area contributed by atoms with Crippen molar-refractivity contribution in [3.63, 3.8) is 0 Å². The molecule has 1 rings (SSSR count). The van der Waals surface area contributed by atoms with E-state index in [2.05, 4.69) is 19.2 Å². The first-order valence-electron chi connectivity index (χ1n) is 4.62. The van der Waals surface area contributed by atoms with E-state index in [1.54, 1.807) is 0 Å². The number of benzene rings is 1. The van der Waals surface area contributed by atoms with Crippen LogP contribution in [0.1, 0.15) is 25.0 Å². The molecule has 0 atom stereocenters. The van der Waals surface area contributed by atoms with Crippen molar-refractivity contribution in [2.75, 3.05) is 0 Å². The average molecular weight is 188 g/mol. The molecule has 0 aromatic heterocycles. The highest BCUT2D eigenvalue weighted by Crippen LogP contribution is 2.14. The van der Waals surface area contributed by atoms with Crippen LogP contribution in [0.3, 0.4) is 0 Å². The van der Waals surface area contributed by atoms with E-state index < -0.39 is 0 Å². The quantitative estimate of drug-likeness (QED) is 0.653. The molecule has 0 amide bonds. The second-order valence-electron chi connectivity index (χ2n) is 3.47. The van der Waals surface area contributed by atoms with Crippen LogP contribution in [0.15, 0.2) is 43.2 Å². The summed E-state index contributed by atoms with van der Waals surface area (Å²) in [5.41, 5.74) is 3.38. The lowest BCUT2D eigenvalue weighted by Crippen LogP contribution is -1.90. The van der Waals surface area contributed by atoms with Gasteiger partial charge in [0.15, 0.2) is 0 Å². The zero-order valence-corrected chi connectivity index (χ0v) is 8.84. The number of hydrogen-bond acceptors (Lipinski definition) is 1. The predicted molar refractivity (Wildman–Crippen MR) is 60.8 cm³/mol. The van der Waals surface area contributed by atoms with Crippen molar-refractivity contribution >= 4 is 5.57 Å². The van der Waals surface area contributed by atoms with Crippen molar-refractivity contribution in [1.29, 1.82) is 0 Å². The molecule has 74 valence electrons. The third-order valence-corrected chi connectivity index (χ3v) is 1.91. The molecule has 1 aromatic carbocycles. The van der Waals surface area contributed by atoms with Crippen LogP contribution in [-0.2, 0) is 11.3 Å². The minimum absolute atomic E-state index is 0.580. The summed E-state index contributed by atoms with van der Waals surface area (Å²) in [4.78, 5) is 0. The summed E-state index contributed by atoms with van der Waals surface area (Å²) in [7, 11) is 0. The summed E-state index contributed by atoms with van der Waals surface area (Å²) in [6.45, 7) is 12.0. The lowest BCUT2D eigenvalue weighted by atomic mass is 10.1. The summed E-state index contributed by atoms with van der Waals surface area (Å²) < 4.78 is 5.34. The van der Waals surface area contributed by atoms with Crippen molar-refractivity contribution in [2.24, 2.45) is 0 Å². The normalized spacial score (nSPS) is 9.57. The Hall–Kier alpha value is -1.50. The van der Waals surface area contributed by atoms with E-state index >= 15 is 0 Å². The molecule has 0 radical (unpaired) electrons. The molecule has 0 saturated carbocycles. The van der Waals surface area contributed by atoms with Crippen LogP contribution in [-0.4, -0.2) is 0 Å². The zero-order valence-electron chi connectivity index (χ0n) is 8.84. The fourth-order valence-electron chi connectivity index (χ4n) is 1.13. The highest BCUT2D eigenvalue weighted by molar-refractivity contribution is 5.61. The highest BCUT2D eigenvalue weighted by atomic mass is 16.5. The van der Waals surface area contributed by atoms with Gasteiger partial charge in [0.1, 0.15) is 6.61 Å². The van der Waals surface area contributed by atoms with Gasteiger partial charge in [-0.2, -0.15) is 0 Å². The lowest BCUT2D eigenvalue weighted by molar-refractivity contribution is 0.202. The van der Waals surface area contributed by atoms with E-state index in [4.69, 9.17) is 4.74 Å². The molecule has 0 saturated heterocycles. The number of rotatable bonds is 4. The van der Waals surface area contributed by atoms with Crippen LogP contribution in [0.2, 0.25) is 0 Å². The fourth-order valence-corrected chi connectivity index (χ4v) is 1.13. The van der Waals surface area contributed by atoms with Crippen molar-refractivity contribution in [1.82, 2.24) is 0 Å². The monoisotopic (exact) mass is 188 g/mol. The Kier molecular flexibility index (Phi) is 3.52. The average Bonchev–Trinajstić information content (AvgIpc) is 2.15. The van der Waals surface area contributed by atoms with Crippen LogP contribution < -0.4 is 0 Å².